The van der Waals surface area contributed by atoms with Crippen molar-refractivity contribution in [2.75, 3.05) is 31.6 Å². The lowest BCUT2D eigenvalue weighted by molar-refractivity contribution is -0.137. The molecule has 1 amide bonds. The summed E-state index contributed by atoms with van der Waals surface area (Å²) in [6.45, 7) is 6.72. The minimum Gasteiger partial charge on any atom is -0.489 e. The van der Waals surface area contributed by atoms with Gasteiger partial charge in [0.15, 0.2) is 11.6 Å². The van der Waals surface area contributed by atoms with Crippen LogP contribution in [0.15, 0.2) is 36.4 Å². The summed E-state index contributed by atoms with van der Waals surface area (Å²) in [6, 6.07) is 6.29. The predicted molar refractivity (Wildman–Crippen MR) is 104 cm³/mol. The van der Waals surface area contributed by atoms with Gasteiger partial charge in [0.1, 0.15) is 6.61 Å². The van der Waals surface area contributed by atoms with Crippen molar-refractivity contribution in [1.29, 1.82) is 0 Å². The summed E-state index contributed by atoms with van der Waals surface area (Å²) < 4.78 is 57.7. The first-order valence-corrected chi connectivity index (χ1v) is 9.36. The summed E-state index contributed by atoms with van der Waals surface area (Å²) >= 11 is 5.80. The second-order valence-corrected chi connectivity index (χ2v) is 6.57. The molecule has 0 aliphatic carbocycles. The molecule has 0 aliphatic heterocycles. The first-order chi connectivity index (χ1) is 13.7. The summed E-state index contributed by atoms with van der Waals surface area (Å²) in [5, 5.41) is 2.06. The van der Waals surface area contributed by atoms with E-state index in [0.717, 1.165) is 31.3 Å². The lowest BCUT2D eigenvalue weighted by Crippen LogP contribution is -2.28. The Labute approximate surface area is 171 Å². The van der Waals surface area contributed by atoms with Crippen molar-refractivity contribution < 1.29 is 27.1 Å². The van der Waals surface area contributed by atoms with Crippen LogP contribution >= 0.6 is 11.6 Å². The second-order valence-electron chi connectivity index (χ2n) is 6.17. The number of hydrogen-bond donors (Lipinski definition) is 1. The van der Waals surface area contributed by atoms with Gasteiger partial charge in [-0.2, -0.15) is 13.2 Å². The molecule has 158 valence electrons. The number of likely N-dealkylation sites (N-methyl/N-ethyl adjacent to an activating group) is 1. The van der Waals surface area contributed by atoms with E-state index >= 15 is 0 Å². The van der Waals surface area contributed by atoms with Crippen LogP contribution in [0, 0.1) is 5.82 Å². The number of ether oxygens (including phenoxy) is 1. The molecule has 0 saturated heterocycles. The van der Waals surface area contributed by atoms with E-state index in [1.54, 1.807) is 0 Å². The van der Waals surface area contributed by atoms with E-state index in [-0.39, 0.29) is 22.0 Å². The van der Waals surface area contributed by atoms with Crippen molar-refractivity contribution >= 4 is 23.2 Å². The molecule has 0 radical (unpaired) electrons. The highest BCUT2D eigenvalue weighted by atomic mass is 35.5. The molecule has 2 aromatic carbocycles. The molecule has 0 spiro atoms. The highest BCUT2D eigenvalue weighted by Crippen LogP contribution is 2.32. The third kappa shape index (κ3) is 6.33. The third-order valence-corrected chi connectivity index (χ3v) is 4.60. The fourth-order valence-corrected chi connectivity index (χ4v) is 2.86. The van der Waals surface area contributed by atoms with Gasteiger partial charge in [0.05, 0.1) is 16.1 Å². The molecular weight excluding hydrogens is 412 g/mol. The minimum absolute atomic E-state index is 0.0442. The zero-order chi connectivity index (χ0) is 21.6. The largest absolute Gasteiger partial charge is 0.489 e. The fourth-order valence-electron chi connectivity index (χ4n) is 2.59. The van der Waals surface area contributed by atoms with Gasteiger partial charge in [0, 0.05) is 18.3 Å². The molecule has 0 bridgehead atoms. The third-order valence-electron chi connectivity index (χ3n) is 4.29. The number of carbonyl (C=O) groups excluding carboxylic acids is 1. The normalized spacial score (nSPS) is 11.6. The molecule has 0 aromatic heterocycles. The maximum absolute atomic E-state index is 14.2. The number of anilines is 1. The quantitative estimate of drug-likeness (QED) is 0.562. The summed E-state index contributed by atoms with van der Waals surface area (Å²) in [5.74, 6) is -1.37. The Bertz CT molecular complexity index is 855. The van der Waals surface area contributed by atoms with E-state index in [0.29, 0.717) is 19.2 Å². The van der Waals surface area contributed by atoms with Gasteiger partial charge in [-0.1, -0.05) is 25.4 Å². The van der Waals surface area contributed by atoms with Crippen LogP contribution in [0.1, 0.15) is 29.8 Å². The van der Waals surface area contributed by atoms with Gasteiger partial charge in [-0.25, -0.2) is 4.39 Å². The van der Waals surface area contributed by atoms with E-state index in [1.807, 2.05) is 13.8 Å². The van der Waals surface area contributed by atoms with Crippen LogP contribution in [0.4, 0.5) is 23.2 Å². The van der Waals surface area contributed by atoms with Crippen LogP contribution in [-0.4, -0.2) is 37.0 Å². The number of nitrogens with zero attached hydrogens (tertiary/aromatic N) is 1. The molecule has 0 fully saturated rings. The molecule has 1 N–H and O–H groups in total. The highest BCUT2D eigenvalue weighted by Gasteiger charge is 2.31. The van der Waals surface area contributed by atoms with Crippen LogP contribution < -0.4 is 10.1 Å². The number of hydrogen-bond acceptors (Lipinski definition) is 3. The van der Waals surface area contributed by atoms with Crippen LogP contribution in [-0.2, 0) is 6.18 Å². The Hall–Kier alpha value is -2.32. The minimum atomic E-state index is -4.57. The topological polar surface area (TPSA) is 41.6 Å². The number of carbonyl (C=O) groups is 1. The van der Waals surface area contributed by atoms with Crippen LogP contribution in [0.5, 0.6) is 5.75 Å². The molecule has 4 nitrogen and oxygen atoms in total. The Morgan fingerprint density at radius 1 is 1.14 bits per heavy atom. The van der Waals surface area contributed by atoms with Gasteiger partial charge in [-0.05, 0) is 43.4 Å². The van der Waals surface area contributed by atoms with Crippen molar-refractivity contribution in [2.45, 2.75) is 20.0 Å². The van der Waals surface area contributed by atoms with Crippen molar-refractivity contribution in [1.82, 2.24) is 4.90 Å². The second kappa shape index (κ2) is 9.93. The monoisotopic (exact) mass is 432 g/mol. The average molecular weight is 433 g/mol. The number of rotatable bonds is 8. The summed E-state index contributed by atoms with van der Waals surface area (Å²) in [5.41, 5.74) is -0.990. The first-order valence-electron chi connectivity index (χ1n) is 8.98. The molecule has 0 unspecified atom stereocenters. The number of alkyl halides is 3. The fraction of sp³-hybridized carbons (Fsp3) is 0.350. The Balaban J connectivity index is 2.03. The average Bonchev–Trinajstić information content (AvgIpc) is 2.66. The predicted octanol–water partition coefficient (Wildman–Crippen LogP) is 5.47. The van der Waals surface area contributed by atoms with E-state index in [9.17, 15) is 22.4 Å². The number of halogens is 5. The number of nitrogens with one attached hydrogen (secondary N) is 1. The lowest BCUT2D eigenvalue weighted by atomic mass is 10.1. The molecule has 0 atom stereocenters. The van der Waals surface area contributed by atoms with Gasteiger partial charge in [-0.3, -0.25) is 4.79 Å². The SMILES string of the molecule is CCN(CC)CCOc1ccc(NC(=O)c2ccc(C(F)(F)F)cc2Cl)cc1F. The molecule has 0 saturated carbocycles. The van der Waals surface area contributed by atoms with Crippen LogP contribution in [0.3, 0.4) is 0 Å². The molecule has 9 heteroatoms. The molecule has 29 heavy (non-hydrogen) atoms. The van der Waals surface area contributed by atoms with Gasteiger partial charge in [0.2, 0.25) is 0 Å². The van der Waals surface area contributed by atoms with Crippen molar-refractivity contribution in [2.24, 2.45) is 0 Å². The Kier molecular flexibility index (Phi) is 7.87. The molecule has 2 rings (SSSR count). The van der Waals surface area contributed by atoms with Crippen LogP contribution in [0.2, 0.25) is 5.02 Å². The number of amides is 1. The van der Waals surface area contributed by atoms with E-state index in [2.05, 4.69) is 10.2 Å². The maximum Gasteiger partial charge on any atom is 0.416 e. The molecular formula is C20H21ClF4N2O2. The Morgan fingerprint density at radius 2 is 1.83 bits per heavy atom. The van der Waals surface area contributed by atoms with Crippen molar-refractivity contribution in [3.63, 3.8) is 0 Å². The van der Waals surface area contributed by atoms with Crippen molar-refractivity contribution in [3.05, 3.63) is 58.4 Å². The smallest absolute Gasteiger partial charge is 0.416 e. The van der Waals surface area contributed by atoms with Crippen LogP contribution in [0.25, 0.3) is 0 Å². The number of benzene rings is 2. The zero-order valence-electron chi connectivity index (χ0n) is 15.9. The summed E-state index contributed by atoms with van der Waals surface area (Å²) in [6.07, 6.45) is -4.57. The standard InChI is InChI=1S/C20H21ClF4N2O2/c1-3-27(4-2)9-10-29-18-8-6-14(12-17(18)22)26-19(28)15-7-5-13(11-16(15)21)20(23,24)25/h5-8,11-12H,3-4,9-10H2,1-2H3,(H,26,28). The molecule has 0 aliphatic rings. The lowest BCUT2D eigenvalue weighted by Gasteiger charge is -2.18. The van der Waals surface area contributed by atoms with Gasteiger partial charge in [0.25, 0.3) is 5.91 Å². The van der Waals surface area contributed by atoms with E-state index in [1.165, 1.54) is 12.1 Å². The zero-order valence-corrected chi connectivity index (χ0v) is 16.7. The Morgan fingerprint density at radius 3 is 2.38 bits per heavy atom. The van der Waals surface area contributed by atoms with E-state index in [4.69, 9.17) is 16.3 Å². The van der Waals surface area contributed by atoms with Crippen molar-refractivity contribution in [3.8, 4) is 5.75 Å². The van der Waals surface area contributed by atoms with Gasteiger partial charge >= 0.3 is 6.18 Å². The first kappa shape index (κ1) is 23.0. The summed E-state index contributed by atoms with van der Waals surface area (Å²) in [7, 11) is 0. The highest BCUT2D eigenvalue weighted by molar-refractivity contribution is 6.34. The van der Waals surface area contributed by atoms with Gasteiger partial charge in [-0.15, -0.1) is 0 Å². The summed E-state index contributed by atoms with van der Waals surface area (Å²) in [4.78, 5) is 14.4. The molecule has 2 aromatic rings. The van der Waals surface area contributed by atoms with E-state index < -0.39 is 23.5 Å². The van der Waals surface area contributed by atoms with Gasteiger partial charge < -0.3 is 15.0 Å². The molecule has 0 heterocycles. The maximum atomic E-state index is 14.2.